The van der Waals surface area contributed by atoms with Gasteiger partial charge < -0.3 is 11.1 Å². The van der Waals surface area contributed by atoms with Crippen molar-refractivity contribution in [2.75, 3.05) is 22.6 Å². The van der Waals surface area contributed by atoms with Gasteiger partial charge in [0.1, 0.15) is 0 Å². The van der Waals surface area contributed by atoms with E-state index in [1.165, 1.54) is 6.07 Å². The van der Waals surface area contributed by atoms with Crippen LogP contribution in [0.1, 0.15) is 26.2 Å². The second-order valence-electron chi connectivity index (χ2n) is 4.54. The molecule has 0 fully saturated rings. The Hall–Kier alpha value is -1.27. The molecule has 1 aromatic carbocycles. The topological polar surface area (TPSA) is 89.3 Å². The van der Waals surface area contributed by atoms with Crippen LogP contribution in [-0.4, -0.2) is 25.8 Å². The van der Waals surface area contributed by atoms with Crippen LogP contribution in [0, 0.1) is 0 Å². The first kappa shape index (κ1) is 16.8. The number of nitrogens with two attached hydrogens (primary N) is 1. The monoisotopic (exact) mass is 318 g/mol. The van der Waals surface area contributed by atoms with E-state index < -0.39 is 9.84 Å². The number of carbonyl (C=O) groups is 1. The Bertz CT molecular complexity index is 573. The summed E-state index contributed by atoms with van der Waals surface area (Å²) in [6.45, 7) is 1.92. The molecule has 1 rings (SSSR count). The molecule has 112 valence electrons. The largest absolute Gasteiger partial charge is 0.397 e. The van der Waals surface area contributed by atoms with Crippen LogP contribution in [0.5, 0.6) is 0 Å². The first-order chi connectivity index (χ1) is 9.34. The van der Waals surface area contributed by atoms with Crippen LogP contribution < -0.4 is 11.1 Å². The Morgan fingerprint density at radius 3 is 2.65 bits per heavy atom. The standard InChI is InChI=1S/C13H19ClN2O3S/c1-2-3-7-20(18,19)8-6-13(17)16-12-5-4-10(14)9-11(12)15/h4-5,9H,2-3,6-8,15H2,1H3,(H,16,17). The van der Waals surface area contributed by atoms with Crippen LogP contribution in [0.2, 0.25) is 5.02 Å². The lowest BCUT2D eigenvalue weighted by Gasteiger charge is -2.08. The van der Waals surface area contributed by atoms with E-state index in [2.05, 4.69) is 5.32 Å². The summed E-state index contributed by atoms with van der Waals surface area (Å²) in [5, 5.41) is 3.05. The molecule has 0 unspecified atom stereocenters. The van der Waals surface area contributed by atoms with Crippen molar-refractivity contribution in [3.05, 3.63) is 23.2 Å². The molecule has 0 heterocycles. The fourth-order valence-corrected chi connectivity index (χ4v) is 3.18. The molecule has 1 amide bonds. The number of sulfone groups is 1. The summed E-state index contributed by atoms with van der Waals surface area (Å²) in [5.41, 5.74) is 6.48. The van der Waals surface area contributed by atoms with Crippen molar-refractivity contribution in [3.63, 3.8) is 0 Å². The fourth-order valence-electron chi connectivity index (χ4n) is 1.57. The number of nitrogens with one attached hydrogen (secondary N) is 1. The molecule has 0 radical (unpaired) electrons. The van der Waals surface area contributed by atoms with Gasteiger partial charge in [0.25, 0.3) is 0 Å². The van der Waals surface area contributed by atoms with Gasteiger partial charge in [-0.1, -0.05) is 24.9 Å². The van der Waals surface area contributed by atoms with E-state index in [-0.39, 0.29) is 23.8 Å². The normalized spacial score (nSPS) is 11.3. The Morgan fingerprint density at radius 2 is 2.05 bits per heavy atom. The average molecular weight is 319 g/mol. The van der Waals surface area contributed by atoms with E-state index >= 15 is 0 Å². The number of anilines is 2. The highest BCUT2D eigenvalue weighted by atomic mass is 35.5. The molecule has 7 heteroatoms. The number of hydrogen-bond donors (Lipinski definition) is 2. The van der Waals surface area contributed by atoms with Gasteiger partial charge in [-0.15, -0.1) is 0 Å². The maximum atomic E-state index is 11.7. The molecule has 3 N–H and O–H groups in total. The molecule has 0 aliphatic rings. The number of amides is 1. The Kier molecular flexibility index (Phi) is 6.29. The number of halogens is 1. The molecular formula is C13H19ClN2O3S. The van der Waals surface area contributed by atoms with Gasteiger partial charge in [0, 0.05) is 11.4 Å². The van der Waals surface area contributed by atoms with Crippen molar-refractivity contribution in [1.82, 2.24) is 0 Å². The maximum absolute atomic E-state index is 11.7. The quantitative estimate of drug-likeness (QED) is 0.756. The van der Waals surface area contributed by atoms with E-state index in [4.69, 9.17) is 17.3 Å². The summed E-state index contributed by atoms with van der Waals surface area (Å²) >= 11 is 5.75. The van der Waals surface area contributed by atoms with Gasteiger partial charge in [0.05, 0.1) is 22.9 Å². The van der Waals surface area contributed by atoms with Crippen molar-refractivity contribution < 1.29 is 13.2 Å². The van der Waals surface area contributed by atoms with Crippen LogP contribution in [0.3, 0.4) is 0 Å². The molecule has 0 spiro atoms. The number of benzene rings is 1. The third kappa shape index (κ3) is 5.79. The fraction of sp³-hybridized carbons (Fsp3) is 0.462. The van der Waals surface area contributed by atoms with E-state index in [1.807, 2.05) is 6.92 Å². The Morgan fingerprint density at radius 1 is 1.35 bits per heavy atom. The first-order valence-corrected chi connectivity index (χ1v) is 8.59. The Labute approximate surface area is 124 Å². The number of rotatable bonds is 7. The highest BCUT2D eigenvalue weighted by Gasteiger charge is 2.13. The van der Waals surface area contributed by atoms with Crippen molar-refractivity contribution in [3.8, 4) is 0 Å². The molecule has 0 saturated carbocycles. The molecule has 0 atom stereocenters. The summed E-state index contributed by atoms with van der Waals surface area (Å²) in [4.78, 5) is 11.7. The third-order valence-corrected chi connectivity index (χ3v) is 4.71. The van der Waals surface area contributed by atoms with Crippen LogP contribution in [0.4, 0.5) is 11.4 Å². The summed E-state index contributed by atoms with van der Waals surface area (Å²) in [5.74, 6) is -0.397. The van der Waals surface area contributed by atoms with Gasteiger partial charge in [0.15, 0.2) is 9.84 Å². The highest BCUT2D eigenvalue weighted by Crippen LogP contribution is 2.22. The van der Waals surface area contributed by atoms with Gasteiger partial charge in [0.2, 0.25) is 5.91 Å². The van der Waals surface area contributed by atoms with E-state index in [0.29, 0.717) is 22.8 Å². The van der Waals surface area contributed by atoms with E-state index in [9.17, 15) is 13.2 Å². The van der Waals surface area contributed by atoms with Crippen molar-refractivity contribution in [2.24, 2.45) is 0 Å². The van der Waals surface area contributed by atoms with Crippen molar-refractivity contribution >= 4 is 38.7 Å². The van der Waals surface area contributed by atoms with Crippen LogP contribution in [0.15, 0.2) is 18.2 Å². The van der Waals surface area contributed by atoms with E-state index in [0.717, 1.165) is 6.42 Å². The predicted molar refractivity (Wildman–Crippen MR) is 82.7 cm³/mol. The zero-order valence-electron chi connectivity index (χ0n) is 11.4. The van der Waals surface area contributed by atoms with Gasteiger partial charge in [-0.3, -0.25) is 4.79 Å². The van der Waals surface area contributed by atoms with Gasteiger partial charge in [-0.05, 0) is 24.6 Å². The zero-order chi connectivity index (χ0) is 15.2. The van der Waals surface area contributed by atoms with Crippen LogP contribution in [0.25, 0.3) is 0 Å². The predicted octanol–water partition coefficient (Wildman–Crippen LogP) is 2.47. The minimum Gasteiger partial charge on any atom is -0.397 e. The van der Waals surface area contributed by atoms with Gasteiger partial charge in [-0.25, -0.2) is 8.42 Å². The smallest absolute Gasteiger partial charge is 0.225 e. The molecule has 1 aromatic rings. The highest BCUT2D eigenvalue weighted by molar-refractivity contribution is 7.91. The van der Waals surface area contributed by atoms with Crippen LogP contribution in [-0.2, 0) is 14.6 Å². The second-order valence-corrected chi connectivity index (χ2v) is 7.28. The van der Waals surface area contributed by atoms with E-state index in [1.54, 1.807) is 12.1 Å². The molecule has 0 saturated heterocycles. The number of unbranched alkanes of at least 4 members (excludes halogenated alkanes) is 1. The minimum absolute atomic E-state index is 0.0753. The second kappa shape index (κ2) is 7.50. The van der Waals surface area contributed by atoms with Gasteiger partial charge in [-0.2, -0.15) is 0 Å². The minimum atomic E-state index is -3.16. The number of nitrogen functional groups attached to an aromatic ring is 1. The molecular weight excluding hydrogens is 300 g/mol. The van der Waals surface area contributed by atoms with Gasteiger partial charge >= 0.3 is 0 Å². The molecule has 0 aromatic heterocycles. The lowest BCUT2D eigenvalue weighted by atomic mass is 10.2. The average Bonchev–Trinajstić information content (AvgIpc) is 2.38. The summed E-state index contributed by atoms with van der Waals surface area (Å²) in [6, 6.07) is 4.71. The number of hydrogen-bond acceptors (Lipinski definition) is 4. The first-order valence-electron chi connectivity index (χ1n) is 6.39. The summed E-state index contributed by atoms with van der Waals surface area (Å²) in [6.07, 6.45) is 1.36. The maximum Gasteiger partial charge on any atom is 0.225 e. The van der Waals surface area contributed by atoms with Crippen LogP contribution >= 0.6 is 11.6 Å². The molecule has 0 aliphatic heterocycles. The van der Waals surface area contributed by atoms with Crippen molar-refractivity contribution in [1.29, 1.82) is 0 Å². The van der Waals surface area contributed by atoms with Crippen molar-refractivity contribution in [2.45, 2.75) is 26.2 Å². The summed E-state index contributed by atoms with van der Waals surface area (Å²) in [7, 11) is -3.16. The molecule has 0 aliphatic carbocycles. The zero-order valence-corrected chi connectivity index (χ0v) is 12.9. The molecule has 0 bridgehead atoms. The third-order valence-electron chi connectivity index (χ3n) is 2.74. The lowest BCUT2D eigenvalue weighted by Crippen LogP contribution is -2.19. The summed E-state index contributed by atoms with van der Waals surface area (Å²) < 4.78 is 23.3. The lowest BCUT2D eigenvalue weighted by molar-refractivity contribution is -0.115. The molecule has 20 heavy (non-hydrogen) atoms. The Balaban J connectivity index is 2.52. The molecule has 5 nitrogen and oxygen atoms in total. The SMILES string of the molecule is CCCCS(=O)(=O)CCC(=O)Nc1ccc(Cl)cc1N. The number of carbonyl (C=O) groups excluding carboxylic acids is 1.